The standard InChI is InChI=1S/C14H23BClNO2/c1-13(2)9-7-10(13)14(3)11(8-9)18-15(19-14)12-5-4-6-17(12)16/h9-12H,4-8H2,1-3H3/t9-,10?,11+,12-,14-/m0/s1. The fraction of sp³-hybridized carbons (Fsp3) is 1.00. The van der Waals surface area contributed by atoms with E-state index in [9.17, 15) is 0 Å². The van der Waals surface area contributed by atoms with Gasteiger partial charge in [-0.05, 0) is 61.6 Å². The Labute approximate surface area is 121 Å². The third kappa shape index (κ3) is 1.58. The number of hydrogen-bond acceptors (Lipinski definition) is 3. The van der Waals surface area contributed by atoms with E-state index >= 15 is 0 Å². The molecular formula is C14H23BClNO2. The lowest BCUT2D eigenvalue weighted by atomic mass is 9.43. The van der Waals surface area contributed by atoms with Crippen molar-refractivity contribution in [2.24, 2.45) is 17.3 Å². The first-order valence-corrected chi connectivity index (χ1v) is 8.02. The molecule has 5 fully saturated rings. The highest BCUT2D eigenvalue weighted by Crippen LogP contribution is 2.65. The zero-order chi connectivity index (χ0) is 13.4. The fourth-order valence-corrected chi connectivity index (χ4v) is 5.40. The monoisotopic (exact) mass is 283 g/mol. The molecule has 0 N–H and O–H groups in total. The highest BCUT2D eigenvalue weighted by Gasteiger charge is 2.68. The van der Waals surface area contributed by atoms with Crippen LogP contribution in [0.3, 0.4) is 0 Å². The zero-order valence-electron chi connectivity index (χ0n) is 12.1. The quantitative estimate of drug-likeness (QED) is 0.546. The van der Waals surface area contributed by atoms with Crippen molar-refractivity contribution < 1.29 is 9.31 Å². The molecule has 5 heteroatoms. The Kier molecular flexibility index (Phi) is 2.66. The van der Waals surface area contributed by atoms with Gasteiger partial charge in [-0.2, -0.15) is 0 Å². The van der Waals surface area contributed by atoms with E-state index in [1.165, 1.54) is 6.42 Å². The molecule has 5 atom stereocenters. The smallest absolute Gasteiger partial charge is 0.404 e. The van der Waals surface area contributed by atoms with Gasteiger partial charge in [-0.3, -0.25) is 0 Å². The SMILES string of the molecule is CC1(C)C2C[C@H]1C[C@H]1OB([C@@H]3CCCN3Cl)O[C@@]21C. The van der Waals surface area contributed by atoms with Crippen LogP contribution in [0.2, 0.25) is 0 Å². The molecule has 0 spiro atoms. The van der Waals surface area contributed by atoms with E-state index in [2.05, 4.69) is 20.8 Å². The average Bonchev–Trinajstić information content (AvgIpc) is 2.90. The maximum atomic E-state index is 6.44. The van der Waals surface area contributed by atoms with Crippen LogP contribution in [0.15, 0.2) is 0 Å². The third-order valence-corrected chi connectivity index (χ3v) is 6.93. The number of rotatable bonds is 1. The predicted octanol–water partition coefficient (Wildman–Crippen LogP) is 2.87. The summed E-state index contributed by atoms with van der Waals surface area (Å²) in [6.45, 7) is 8.02. The topological polar surface area (TPSA) is 21.7 Å². The first-order chi connectivity index (χ1) is 8.93. The van der Waals surface area contributed by atoms with Crippen molar-refractivity contribution in [1.82, 2.24) is 4.42 Å². The molecule has 0 radical (unpaired) electrons. The Morgan fingerprint density at radius 2 is 2.05 bits per heavy atom. The van der Waals surface area contributed by atoms with Crippen molar-refractivity contribution in [2.75, 3.05) is 6.54 Å². The van der Waals surface area contributed by atoms with Gasteiger partial charge >= 0.3 is 7.12 Å². The second-order valence-corrected chi connectivity index (χ2v) is 8.10. The Morgan fingerprint density at radius 3 is 2.68 bits per heavy atom. The van der Waals surface area contributed by atoms with E-state index in [0.717, 1.165) is 31.7 Å². The molecule has 3 saturated carbocycles. The van der Waals surface area contributed by atoms with Gasteiger partial charge in [0.05, 0.1) is 17.6 Å². The molecule has 0 aromatic heterocycles. The lowest BCUT2D eigenvalue weighted by Crippen LogP contribution is -2.65. The van der Waals surface area contributed by atoms with Crippen LogP contribution in [-0.2, 0) is 9.31 Å². The minimum Gasteiger partial charge on any atom is -0.404 e. The van der Waals surface area contributed by atoms with Gasteiger partial charge in [0.25, 0.3) is 0 Å². The van der Waals surface area contributed by atoms with Crippen molar-refractivity contribution >= 4 is 18.9 Å². The first-order valence-electron chi connectivity index (χ1n) is 7.68. The molecule has 2 bridgehead atoms. The number of halogens is 1. The summed E-state index contributed by atoms with van der Waals surface area (Å²) >= 11 is 6.28. The summed E-state index contributed by atoms with van der Waals surface area (Å²) in [7, 11) is -0.120. The molecule has 2 saturated heterocycles. The summed E-state index contributed by atoms with van der Waals surface area (Å²) in [4.78, 5) is 0. The van der Waals surface area contributed by atoms with Gasteiger partial charge in [0.15, 0.2) is 0 Å². The molecular weight excluding hydrogens is 260 g/mol. The third-order valence-electron chi connectivity index (χ3n) is 6.51. The molecule has 3 nitrogen and oxygen atoms in total. The predicted molar refractivity (Wildman–Crippen MR) is 75.7 cm³/mol. The van der Waals surface area contributed by atoms with Crippen molar-refractivity contribution in [3.63, 3.8) is 0 Å². The normalized spacial score (nSPS) is 52.1. The minimum absolute atomic E-state index is 0.0940. The average molecular weight is 284 g/mol. The summed E-state index contributed by atoms with van der Waals surface area (Å²) in [6.07, 6.45) is 4.99. The Hall–Kier alpha value is 0.235. The lowest BCUT2D eigenvalue weighted by molar-refractivity contribution is -0.199. The van der Waals surface area contributed by atoms with E-state index in [0.29, 0.717) is 11.3 Å². The molecule has 0 aromatic carbocycles. The van der Waals surface area contributed by atoms with Gasteiger partial charge in [-0.15, -0.1) is 0 Å². The molecule has 3 aliphatic carbocycles. The highest BCUT2D eigenvalue weighted by atomic mass is 35.5. The van der Waals surface area contributed by atoms with Crippen molar-refractivity contribution in [3.05, 3.63) is 0 Å². The summed E-state index contributed by atoms with van der Waals surface area (Å²) in [5, 5.41) is 0. The second kappa shape index (κ2) is 3.91. The molecule has 0 amide bonds. The van der Waals surface area contributed by atoms with Gasteiger partial charge in [-0.1, -0.05) is 13.8 Å². The summed E-state index contributed by atoms with van der Waals surface area (Å²) < 4.78 is 14.6. The van der Waals surface area contributed by atoms with Gasteiger partial charge in [0.1, 0.15) is 0 Å². The Morgan fingerprint density at radius 1 is 1.26 bits per heavy atom. The van der Waals surface area contributed by atoms with Gasteiger partial charge in [0, 0.05) is 6.54 Å². The van der Waals surface area contributed by atoms with Gasteiger partial charge in [0.2, 0.25) is 0 Å². The zero-order valence-corrected chi connectivity index (χ0v) is 12.8. The second-order valence-electron chi connectivity index (χ2n) is 7.67. The molecule has 0 aromatic rings. The van der Waals surface area contributed by atoms with Crippen LogP contribution < -0.4 is 0 Å². The van der Waals surface area contributed by atoms with E-state index in [1.54, 1.807) is 0 Å². The molecule has 2 heterocycles. The van der Waals surface area contributed by atoms with Crippen LogP contribution in [-0.4, -0.2) is 35.7 Å². The minimum atomic E-state index is -0.120. The fourth-order valence-electron chi connectivity index (χ4n) is 5.09. The van der Waals surface area contributed by atoms with Crippen LogP contribution >= 0.6 is 11.8 Å². The number of hydrogen-bond donors (Lipinski definition) is 0. The molecule has 2 aliphatic heterocycles. The summed E-state index contributed by atoms with van der Waals surface area (Å²) in [5.74, 6) is 1.69. The summed E-state index contributed by atoms with van der Waals surface area (Å²) in [5.41, 5.74) is 0.322. The molecule has 5 rings (SSSR count). The lowest BCUT2D eigenvalue weighted by Gasteiger charge is -2.64. The van der Waals surface area contributed by atoms with E-state index in [4.69, 9.17) is 21.1 Å². The van der Waals surface area contributed by atoms with Crippen LogP contribution in [0.4, 0.5) is 0 Å². The van der Waals surface area contributed by atoms with Crippen molar-refractivity contribution in [2.45, 2.75) is 64.1 Å². The highest BCUT2D eigenvalue weighted by molar-refractivity contribution is 6.48. The molecule has 5 aliphatic rings. The summed E-state index contributed by atoms with van der Waals surface area (Å²) in [6, 6.07) is 0. The van der Waals surface area contributed by atoms with Crippen molar-refractivity contribution in [1.29, 1.82) is 0 Å². The maximum absolute atomic E-state index is 6.44. The van der Waals surface area contributed by atoms with Crippen LogP contribution in [0.5, 0.6) is 0 Å². The van der Waals surface area contributed by atoms with Gasteiger partial charge in [-0.25, -0.2) is 4.42 Å². The Bertz CT molecular complexity index is 407. The van der Waals surface area contributed by atoms with Gasteiger partial charge < -0.3 is 9.31 Å². The van der Waals surface area contributed by atoms with E-state index < -0.39 is 0 Å². The van der Waals surface area contributed by atoms with Crippen molar-refractivity contribution in [3.8, 4) is 0 Å². The largest absolute Gasteiger partial charge is 0.477 e. The van der Waals surface area contributed by atoms with Crippen LogP contribution in [0, 0.1) is 17.3 Å². The molecule has 106 valence electrons. The maximum Gasteiger partial charge on any atom is 0.477 e. The molecule has 1 unspecified atom stereocenters. The van der Waals surface area contributed by atoms with E-state index in [1.807, 2.05) is 4.42 Å². The van der Waals surface area contributed by atoms with E-state index in [-0.39, 0.29) is 24.8 Å². The van der Waals surface area contributed by atoms with Crippen LogP contribution in [0.25, 0.3) is 0 Å². The Balaban J connectivity index is 1.57. The molecule has 19 heavy (non-hydrogen) atoms. The first kappa shape index (κ1) is 12.9. The number of nitrogens with zero attached hydrogens (tertiary/aromatic N) is 1. The van der Waals surface area contributed by atoms with Crippen LogP contribution in [0.1, 0.15) is 46.5 Å².